The van der Waals surface area contributed by atoms with Gasteiger partial charge in [-0.15, -0.1) is 0 Å². The molecule has 0 bridgehead atoms. The molecule has 1 N–H and O–H groups in total. The van der Waals surface area contributed by atoms with Crippen LogP contribution in [-0.4, -0.2) is 23.5 Å². The molecule has 138 valence electrons. The summed E-state index contributed by atoms with van der Waals surface area (Å²) >= 11 is 17.5. The van der Waals surface area contributed by atoms with Gasteiger partial charge in [-0.25, -0.2) is 9.78 Å². The molecular formula is C18H17Cl3N2O3. The highest BCUT2D eigenvalue weighted by Crippen LogP contribution is 2.31. The fourth-order valence-corrected chi connectivity index (χ4v) is 2.67. The first-order valence-electron chi connectivity index (χ1n) is 7.89. The van der Waals surface area contributed by atoms with Crippen LogP contribution in [0.15, 0.2) is 30.5 Å². The van der Waals surface area contributed by atoms with Crippen molar-refractivity contribution in [2.24, 2.45) is 0 Å². The topological polar surface area (TPSA) is 68.3 Å². The van der Waals surface area contributed by atoms with E-state index in [-0.39, 0.29) is 20.8 Å². The number of nitrogens with zero attached hydrogens (tertiary/aromatic N) is 1. The van der Waals surface area contributed by atoms with E-state index >= 15 is 0 Å². The molecule has 1 atom stereocenters. The summed E-state index contributed by atoms with van der Waals surface area (Å²) in [6, 6.07) is 7.52. The summed E-state index contributed by atoms with van der Waals surface area (Å²) < 4.78 is 4.92. The second-order valence-electron chi connectivity index (χ2n) is 5.64. The van der Waals surface area contributed by atoms with Gasteiger partial charge in [0.1, 0.15) is 0 Å². The van der Waals surface area contributed by atoms with E-state index in [1.54, 1.807) is 12.1 Å². The van der Waals surface area contributed by atoms with Crippen molar-refractivity contribution >= 4 is 52.4 Å². The molecule has 0 unspecified atom stereocenters. The number of carbonyl (C=O) groups is 2. The number of ether oxygens (including phenoxy) is 1. The molecule has 8 heteroatoms. The number of hydrogen-bond donors (Lipinski definition) is 1. The maximum absolute atomic E-state index is 12.0. The van der Waals surface area contributed by atoms with Crippen LogP contribution in [0.5, 0.6) is 0 Å². The molecule has 1 heterocycles. The average Bonchev–Trinajstić information content (AvgIpc) is 2.64. The lowest BCUT2D eigenvalue weighted by Gasteiger charge is -2.11. The van der Waals surface area contributed by atoms with E-state index in [0.717, 1.165) is 6.42 Å². The summed E-state index contributed by atoms with van der Waals surface area (Å²) in [4.78, 5) is 27.7. The molecule has 26 heavy (non-hydrogen) atoms. The van der Waals surface area contributed by atoms with Crippen molar-refractivity contribution in [3.05, 3.63) is 56.8 Å². The zero-order valence-corrected chi connectivity index (χ0v) is 16.5. The molecule has 0 aliphatic carbocycles. The molecule has 1 aromatic carbocycles. The summed E-state index contributed by atoms with van der Waals surface area (Å²) in [6.45, 7) is 3.77. The standard InChI is InChI=1S/C18H17Cl3N2O3/c1-3-10(2)11-4-6-12(7-5-11)23-14(24)9-26-18(25)17-16(21)15(20)13(19)8-22-17/h4-8,10H,3,9H2,1-2H3,(H,23,24)/t10-/m0/s1. The van der Waals surface area contributed by atoms with Crippen molar-refractivity contribution < 1.29 is 14.3 Å². The van der Waals surface area contributed by atoms with Crippen molar-refractivity contribution in [1.29, 1.82) is 0 Å². The Labute approximate surface area is 166 Å². The van der Waals surface area contributed by atoms with Crippen LogP contribution in [0.4, 0.5) is 5.69 Å². The largest absolute Gasteiger partial charge is 0.451 e. The number of benzene rings is 1. The van der Waals surface area contributed by atoms with E-state index in [1.165, 1.54) is 11.8 Å². The van der Waals surface area contributed by atoms with E-state index in [1.807, 2.05) is 12.1 Å². The van der Waals surface area contributed by atoms with Crippen LogP contribution in [0.3, 0.4) is 0 Å². The van der Waals surface area contributed by atoms with Gasteiger partial charge in [0.2, 0.25) is 0 Å². The Morgan fingerprint density at radius 1 is 1.15 bits per heavy atom. The molecule has 0 saturated heterocycles. The Balaban J connectivity index is 1.92. The molecule has 2 rings (SSSR count). The zero-order chi connectivity index (χ0) is 19.3. The minimum absolute atomic E-state index is 0.00105. The number of anilines is 1. The number of carbonyl (C=O) groups excluding carboxylic acids is 2. The Hall–Kier alpha value is -1.82. The van der Waals surface area contributed by atoms with Crippen LogP contribution in [0.2, 0.25) is 15.1 Å². The molecule has 0 aliphatic rings. The Morgan fingerprint density at radius 2 is 1.81 bits per heavy atom. The summed E-state index contributed by atoms with van der Waals surface area (Å²) in [5, 5.41) is 2.65. The molecule has 1 amide bonds. The lowest BCUT2D eigenvalue weighted by Crippen LogP contribution is -2.21. The van der Waals surface area contributed by atoms with E-state index in [0.29, 0.717) is 11.6 Å². The van der Waals surface area contributed by atoms with Gasteiger partial charge in [-0.05, 0) is 30.0 Å². The molecule has 0 aliphatic heterocycles. The third-order valence-electron chi connectivity index (χ3n) is 3.82. The van der Waals surface area contributed by atoms with Crippen LogP contribution in [0, 0.1) is 0 Å². The second-order valence-corrected chi connectivity index (χ2v) is 6.80. The van der Waals surface area contributed by atoms with Gasteiger partial charge >= 0.3 is 5.97 Å². The van der Waals surface area contributed by atoms with Gasteiger partial charge in [0.05, 0.1) is 15.1 Å². The fourth-order valence-electron chi connectivity index (χ4n) is 2.11. The quantitative estimate of drug-likeness (QED) is 0.646. The van der Waals surface area contributed by atoms with Crippen LogP contribution in [0.25, 0.3) is 0 Å². The minimum Gasteiger partial charge on any atom is -0.451 e. The molecule has 0 radical (unpaired) electrons. The predicted octanol–water partition coefficient (Wildman–Crippen LogP) is 5.35. The van der Waals surface area contributed by atoms with Crippen molar-refractivity contribution in [3.63, 3.8) is 0 Å². The minimum atomic E-state index is -0.865. The second kappa shape index (κ2) is 9.21. The summed E-state index contributed by atoms with van der Waals surface area (Å²) in [5.41, 5.74) is 1.60. The summed E-state index contributed by atoms with van der Waals surface area (Å²) in [7, 11) is 0. The number of amides is 1. The highest BCUT2D eigenvalue weighted by molar-refractivity contribution is 6.48. The van der Waals surface area contributed by atoms with E-state index in [4.69, 9.17) is 39.5 Å². The van der Waals surface area contributed by atoms with Gasteiger partial charge in [0.25, 0.3) is 5.91 Å². The summed E-state index contributed by atoms with van der Waals surface area (Å²) in [6.07, 6.45) is 2.22. The maximum atomic E-state index is 12.0. The van der Waals surface area contributed by atoms with Crippen molar-refractivity contribution in [3.8, 4) is 0 Å². The average molecular weight is 416 g/mol. The van der Waals surface area contributed by atoms with Crippen LogP contribution >= 0.6 is 34.8 Å². The zero-order valence-electron chi connectivity index (χ0n) is 14.2. The van der Waals surface area contributed by atoms with Gasteiger partial charge in [0.15, 0.2) is 12.3 Å². The first kappa shape index (κ1) is 20.5. The Kier molecular flexibility index (Phi) is 7.26. The smallest absolute Gasteiger partial charge is 0.359 e. The lowest BCUT2D eigenvalue weighted by molar-refractivity contribution is -0.119. The Bertz CT molecular complexity index is 810. The van der Waals surface area contributed by atoms with Crippen molar-refractivity contribution in [1.82, 2.24) is 4.98 Å². The van der Waals surface area contributed by atoms with Gasteiger partial charge in [-0.1, -0.05) is 60.8 Å². The van der Waals surface area contributed by atoms with Crippen molar-refractivity contribution in [2.75, 3.05) is 11.9 Å². The highest BCUT2D eigenvalue weighted by atomic mass is 35.5. The third kappa shape index (κ3) is 5.10. The Morgan fingerprint density at radius 3 is 2.42 bits per heavy atom. The number of hydrogen-bond acceptors (Lipinski definition) is 4. The number of halogens is 3. The maximum Gasteiger partial charge on any atom is 0.359 e. The normalized spacial score (nSPS) is 11.7. The van der Waals surface area contributed by atoms with Gasteiger partial charge in [-0.3, -0.25) is 4.79 Å². The van der Waals surface area contributed by atoms with E-state index in [2.05, 4.69) is 24.1 Å². The lowest BCUT2D eigenvalue weighted by atomic mass is 9.99. The monoisotopic (exact) mass is 414 g/mol. The molecule has 0 fully saturated rings. The first-order chi connectivity index (χ1) is 12.3. The number of rotatable bonds is 6. The molecule has 2 aromatic rings. The van der Waals surface area contributed by atoms with Crippen LogP contribution < -0.4 is 5.32 Å². The van der Waals surface area contributed by atoms with E-state index < -0.39 is 18.5 Å². The van der Waals surface area contributed by atoms with E-state index in [9.17, 15) is 9.59 Å². The predicted molar refractivity (Wildman–Crippen MR) is 103 cm³/mol. The van der Waals surface area contributed by atoms with Crippen molar-refractivity contribution in [2.45, 2.75) is 26.2 Å². The molecule has 1 aromatic heterocycles. The molecule has 0 spiro atoms. The number of pyridine rings is 1. The SMILES string of the molecule is CC[C@H](C)c1ccc(NC(=O)COC(=O)c2ncc(Cl)c(Cl)c2Cl)cc1. The molecular weight excluding hydrogens is 399 g/mol. The van der Waals surface area contributed by atoms with Crippen LogP contribution in [-0.2, 0) is 9.53 Å². The molecule has 0 saturated carbocycles. The number of esters is 1. The van der Waals surface area contributed by atoms with Gasteiger partial charge in [-0.2, -0.15) is 0 Å². The third-order valence-corrected chi connectivity index (χ3v) is 5.06. The highest BCUT2D eigenvalue weighted by Gasteiger charge is 2.19. The first-order valence-corrected chi connectivity index (χ1v) is 9.03. The number of nitrogens with one attached hydrogen (secondary N) is 1. The number of aromatic nitrogens is 1. The molecule has 5 nitrogen and oxygen atoms in total. The van der Waals surface area contributed by atoms with Gasteiger partial charge < -0.3 is 10.1 Å². The van der Waals surface area contributed by atoms with Crippen LogP contribution in [0.1, 0.15) is 42.2 Å². The fraction of sp³-hybridized carbons (Fsp3) is 0.278. The summed E-state index contributed by atoms with van der Waals surface area (Å²) in [5.74, 6) is -0.897. The van der Waals surface area contributed by atoms with Gasteiger partial charge in [0, 0.05) is 11.9 Å².